The van der Waals surface area contributed by atoms with E-state index in [9.17, 15) is 4.79 Å². The molecule has 0 atom stereocenters. The number of nitrogens with one attached hydrogen (secondary N) is 1. The molecule has 5 heteroatoms. The zero-order valence-electron chi connectivity index (χ0n) is 12.6. The Kier molecular flexibility index (Phi) is 5.79. The second-order valence-electron chi connectivity index (χ2n) is 5.74. The van der Waals surface area contributed by atoms with Crippen molar-refractivity contribution < 1.29 is 9.90 Å². The van der Waals surface area contributed by atoms with Crippen molar-refractivity contribution in [3.05, 3.63) is 33.8 Å². The highest BCUT2D eigenvalue weighted by atomic mass is 79.9. The van der Waals surface area contributed by atoms with Gasteiger partial charge in [-0.25, -0.2) is 0 Å². The molecule has 1 aromatic carbocycles. The minimum absolute atomic E-state index is 0.152. The molecule has 0 spiro atoms. The number of carboxylic acids is 1. The molecule has 0 aromatic heterocycles. The van der Waals surface area contributed by atoms with Gasteiger partial charge in [0.05, 0.1) is 6.54 Å². The molecular formula is C16H23BrN2O2. The molecule has 2 rings (SSSR count). The molecule has 0 aliphatic heterocycles. The van der Waals surface area contributed by atoms with Gasteiger partial charge in [-0.05, 0) is 43.5 Å². The van der Waals surface area contributed by atoms with Crippen molar-refractivity contribution in [3.63, 3.8) is 0 Å². The van der Waals surface area contributed by atoms with Crippen LogP contribution in [0.1, 0.15) is 30.9 Å². The molecule has 0 bridgehead atoms. The number of carbonyl (C=O) groups is 1. The van der Waals surface area contributed by atoms with Gasteiger partial charge in [0, 0.05) is 23.1 Å². The second-order valence-corrected chi connectivity index (χ2v) is 6.60. The van der Waals surface area contributed by atoms with Gasteiger partial charge >= 0.3 is 5.97 Å². The first-order valence-electron chi connectivity index (χ1n) is 7.43. The van der Waals surface area contributed by atoms with Crippen LogP contribution in [-0.2, 0) is 11.3 Å². The Balaban J connectivity index is 1.75. The number of aliphatic carboxylic acids is 1. The number of carboxylic acid groups (broad SMARTS) is 1. The molecule has 0 heterocycles. The van der Waals surface area contributed by atoms with Gasteiger partial charge in [0.2, 0.25) is 0 Å². The summed E-state index contributed by atoms with van der Waals surface area (Å²) in [4.78, 5) is 12.8. The molecule has 1 aliphatic carbocycles. The fourth-order valence-corrected chi connectivity index (χ4v) is 3.16. The average molecular weight is 355 g/mol. The number of halogens is 1. The van der Waals surface area contributed by atoms with Gasteiger partial charge in [-0.15, -0.1) is 0 Å². The van der Waals surface area contributed by atoms with Gasteiger partial charge in [0.25, 0.3) is 0 Å². The van der Waals surface area contributed by atoms with Crippen molar-refractivity contribution in [1.82, 2.24) is 10.2 Å². The van der Waals surface area contributed by atoms with Crippen LogP contribution in [0.4, 0.5) is 0 Å². The molecule has 0 unspecified atom stereocenters. The van der Waals surface area contributed by atoms with Crippen LogP contribution in [0.5, 0.6) is 0 Å². The lowest BCUT2D eigenvalue weighted by Gasteiger charge is -2.42. The Hall–Kier alpha value is -0.910. The topological polar surface area (TPSA) is 52.6 Å². The van der Waals surface area contributed by atoms with E-state index in [4.69, 9.17) is 5.11 Å². The van der Waals surface area contributed by atoms with Gasteiger partial charge in [0.15, 0.2) is 0 Å². The summed E-state index contributed by atoms with van der Waals surface area (Å²) in [6.45, 7) is 5.92. The first kappa shape index (κ1) is 16.5. The minimum atomic E-state index is -0.738. The average Bonchev–Trinajstić information content (AvgIpc) is 2.39. The molecule has 0 saturated heterocycles. The number of nitrogens with zero attached hydrogens (tertiary/aromatic N) is 1. The Morgan fingerprint density at radius 1 is 1.48 bits per heavy atom. The lowest BCUT2D eigenvalue weighted by molar-refractivity contribution is -0.139. The van der Waals surface area contributed by atoms with Crippen molar-refractivity contribution in [2.45, 2.75) is 45.3 Å². The quantitative estimate of drug-likeness (QED) is 0.790. The van der Waals surface area contributed by atoms with E-state index in [2.05, 4.69) is 46.4 Å². The second kappa shape index (κ2) is 7.38. The molecule has 2 N–H and O–H groups in total. The maximum absolute atomic E-state index is 10.8. The van der Waals surface area contributed by atoms with E-state index in [0.29, 0.717) is 12.1 Å². The van der Waals surface area contributed by atoms with E-state index in [1.54, 1.807) is 0 Å². The van der Waals surface area contributed by atoms with Crippen molar-refractivity contribution >= 4 is 21.9 Å². The molecule has 4 nitrogen and oxygen atoms in total. The molecule has 21 heavy (non-hydrogen) atoms. The summed E-state index contributed by atoms with van der Waals surface area (Å²) >= 11 is 3.55. The minimum Gasteiger partial charge on any atom is -0.480 e. The van der Waals surface area contributed by atoms with Crippen molar-refractivity contribution in [3.8, 4) is 0 Å². The molecule has 1 fully saturated rings. The predicted octanol–water partition coefficient (Wildman–Crippen LogP) is 2.78. The van der Waals surface area contributed by atoms with E-state index in [1.165, 1.54) is 11.1 Å². The Morgan fingerprint density at radius 2 is 2.19 bits per heavy atom. The van der Waals surface area contributed by atoms with Crippen molar-refractivity contribution in [2.24, 2.45) is 0 Å². The van der Waals surface area contributed by atoms with E-state index >= 15 is 0 Å². The Bertz CT molecular complexity index is 501. The molecule has 0 amide bonds. The molecule has 0 radical (unpaired) electrons. The van der Waals surface area contributed by atoms with Crippen LogP contribution in [0.3, 0.4) is 0 Å². The van der Waals surface area contributed by atoms with E-state index in [0.717, 1.165) is 30.4 Å². The summed E-state index contributed by atoms with van der Waals surface area (Å²) in [5.41, 5.74) is 2.52. The zero-order valence-corrected chi connectivity index (χ0v) is 14.2. The monoisotopic (exact) mass is 354 g/mol. The summed E-state index contributed by atoms with van der Waals surface area (Å²) in [6, 6.07) is 7.33. The Morgan fingerprint density at radius 3 is 2.76 bits per heavy atom. The van der Waals surface area contributed by atoms with Gasteiger partial charge < -0.3 is 10.4 Å². The fourth-order valence-electron chi connectivity index (χ4n) is 2.73. The van der Waals surface area contributed by atoms with Gasteiger partial charge in [-0.3, -0.25) is 9.69 Å². The highest BCUT2D eigenvalue weighted by molar-refractivity contribution is 9.10. The summed E-state index contributed by atoms with van der Waals surface area (Å²) in [5, 5.41) is 12.4. The molecule has 1 aliphatic rings. The standard InChI is InChI=1S/C16H23BrN2O2/c1-3-19(10-16(20)21)14-7-13(8-14)18-9-12-5-4-11(2)15(17)6-12/h4-6,13-14,18H,3,7-10H2,1-2H3,(H,20,21). The third kappa shape index (κ3) is 4.53. The highest BCUT2D eigenvalue weighted by Crippen LogP contribution is 2.26. The number of rotatable bonds is 7. The van der Waals surface area contributed by atoms with Gasteiger partial charge in [0.1, 0.15) is 0 Å². The molecule has 116 valence electrons. The van der Waals surface area contributed by atoms with Crippen LogP contribution in [0.15, 0.2) is 22.7 Å². The van der Waals surface area contributed by atoms with Crippen LogP contribution in [0.2, 0.25) is 0 Å². The van der Waals surface area contributed by atoms with Gasteiger partial charge in [-0.2, -0.15) is 0 Å². The third-order valence-electron chi connectivity index (χ3n) is 4.21. The van der Waals surface area contributed by atoms with Gasteiger partial charge in [-0.1, -0.05) is 35.0 Å². The maximum atomic E-state index is 10.8. The lowest BCUT2D eigenvalue weighted by Crippen LogP contribution is -2.53. The number of hydrogen-bond donors (Lipinski definition) is 2. The Labute approximate surface area is 134 Å². The first-order valence-corrected chi connectivity index (χ1v) is 8.23. The molecule has 1 aromatic rings. The lowest BCUT2D eigenvalue weighted by atomic mass is 9.85. The summed E-state index contributed by atoms with van der Waals surface area (Å²) < 4.78 is 1.15. The van der Waals surface area contributed by atoms with Crippen LogP contribution >= 0.6 is 15.9 Å². The number of benzene rings is 1. The van der Waals surface area contributed by atoms with E-state index in [-0.39, 0.29) is 6.54 Å². The van der Waals surface area contributed by atoms with Crippen molar-refractivity contribution in [2.75, 3.05) is 13.1 Å². The third-order valence-corrected chi connectivity index (χ3v) is 5.06. The summed E-state index contributed by atoms with van der Waals surface area (Å²) in [7, 11) is 0. The van der Waals surface area contributed by atoms with Crippen LogP contribution in [0, 0.1) is 6.92 Å². The maximum Gasteiger partial charge on any atom is 0.317 e. The summed E-state index contributed by atoms with van der Waals surface area (Å²) in [5.74, 6) is -0.738. The number of hydrogen-bond acceptors (Lipinski definition) is 3. The normalized spacial score (nSPS) is 21.3. The van der Waals surface area contributed by atoms with Crippen LogP contribution < -0.4 is 5.32 Å². The first-order chi connectivity index (χ1) is 9.99. The highest BCUT2D eigenvalue weighted by Gasteiger charge is 2.33. The molecular weight excluding hydrogens is 332 g/mol. The van der Waals surface area contributed by atoms with E-state index in [1.807, 2.05) is 11.8 Å². The zero-order chi connectivity index (χ0) is 15.4. The SMILES string of the molecule is CCN(CC(=O)O)C1CC(NCc2ccc(C)c(Br)c2)C1. The van der Waals surface area contributed by atoms with Crippen LogP contribution in [0.25, 0.3) is 0 Å². The smallest absolute Gasteiger partial charge is 0.317 e. The molecule has 1 saturated carbocycles. The van der Waals surface area contributed by atoms with Crippen molar-refractivity contribution in [1.29, 1.82) is 0 Å². The van der Waals surface area contributed by atoms with E-state index < -0.39 is 5.97 Å². The summed E-state index contributed by atoms with van der Waals surface area (Å²) in [6.07, 6.45) is 2.07. The van der Waals surface area contributed by atoms with Crippen LogP contribution in [-0.4, -0.2) is 41.1 Å². The fraction of sp³-hybridized carbons (Fsp3) is 0.562. The number of likely N-dealkylation sites (N-methyl/N-ethyl adjacent to an activating group) is 1. The largest absolute Gasteiger partial charge is 0.480 e. The predicted molar refractivity (Wildman–Crippen MR) is 87.4 cm³/mol. The number of aryl methyl sites for hydroxylation is 1.